The number of halogens is 2. The van der Waals surface area contributed by atoms with Crippen LogP contribution in [0.5, 0.6) is 0 Å². The van der Waals surface area contributed by atoms with Gasteiger partial charge in [0.15, 0.2) is 0 Å². The number of benzene rings is 1. The summed E-state index contributed by atoms with van der Waals surface area (Å²) in [5, 5.41) is 0. The maximum atomic E-state index is 3.86. The average molecular weight is 360 g/mol. The Labute approximate surface area is 121 Å². The van der Waals surface area contributed by atoms with Crippen LogP contribution in [0.15, 0.2) is 28.7 Å². The predicted octanol–water partition coefficient (Wildman–Crippen LogP) is 6.25. The first-order valence-corrected chi connectivity index (χ1v) is 8.36. The highest BCUT2D eigenvalue weighted by molar-refractivity contribution is 9.10. The van der Waals surface area contributed by atoms with Crippen molar-refractivity contribution in [1.29, 1.82) is 0 Å². The van der Waals surface area contributed by atoms with Gasteiger partial charge in [-0.25, -0.2) is 0 Å². The van der Waals surface area contributed by atoms with Crippen LogP contribution in [0.2, 0.25) is 0 Å². The summed E-state index contributed by atoms with van der Waals surface area (Å²) in [4.78, 5) is 0.527. The summed E-state index contributed by atoms with van der Waals surface area (Å²) in [5.41, 5.74) is 1.41. The van der Waals surface area contributed by atoms with Crippen LogP contribution in [0, 0.1) is 5.92 Å². The van der Waals surface area contributed by atoms with Crippen molar-refractivity contribution in [3.05, 3.63) is 34.3 Å². The van der Waals surface area contributed by atoms with Gasteiger partial charge in [-0.1, -0.05) is 82.5 Å². The molecule has 17 heavy (non-hydrogen) atoms. The van der Waals surface area contributed by atoms with Gasteiger partial charge in [0.2, 0.25) is 0 Å². The van der Waals surface area contributed by atoms with Crippen LogP contribution in [-0.4, -0.2) is 0 Å². The van der Waals surface area contributed by atoms with E-state index in [0.29, 0.717) is 4.83 Å². The van der Waals surface area contributed by atoms with Gasteiger partial charge in [0.1, 0.15) is 0 Å². The molecule has 0 nitrogen and oxygen atoms in total. The van der Waals surface area contributed by atoms with Crippen molar-refractivity contribution < 1.29 is 0 Å². The van der Waals surface area contributed by atoms with Gasteiger partial charge in [-0.2, -0.15) is 0 Å². The zero-order valence-corrected chi connectivity index (χ0v) is 13.3. The van der Waals surface area contributed by atoms with Crippen LogP contribution in [0.3, 0.4) is 0 Å². The quantitative estimate of drug-likeness (QED) is 0.442. The van der Waals surface area contributed by atoms with Crippen molar-refractivity contribution in [3.8, 4) is 0 Å². The second-order valence-corrected chi connectivity index (χ2v) is 7.13. The van der Waals surface area contributed by atoms with E-state index in [4.69, 9.17) is 0 Å². The molecule has 0 saturated heterocycles. The molecule has 2 rings (SSSR count). The number of hydrogen-bond donors (Lipinski definition) is 0. The zero-order valence-electron chi connectivity index (χ0n) is 10.2. The molecular formula is C15H20Br2. The van der Waals surface area contributed by atoms with Crippen molar-refractivity contribution >= 4 is 31.9 Å². The summed E-state index contributed by atoms with van der Waals surface area (Å²) in [7, 11) is 0. The molecule has 94 valence electrons. The van der Waals surface area contributed by atoms with E-state index >= 15 is 0 Å². The molecule has 1 aliphatic rings. The van der Waals surface area contributed by atoms with Gasteiger partial charge < -0.3 is 0 Å². The Kier molecular flexibility index (Phi) is 5.55. The van der Waals surface area contributed by atoms with E-state index in [0.717, 1.165) is 10.4 Å². The molecule has 1 atom stereocenters. The lowest BCUT2D eigenvalue weighted by Gasteiger charge is -2.18. The molecule has 1 aromatic rings. The topological polar surface area (TPSA) is 0 Å². The lowest BCUT2D eigenvalue weighted by molar-refractivity contribution is 0.427. The second-order valence-electron chi connectivity index (χ2n) is 5.11. The Morgan fingerprint density at radius 3 is 2.18 bits per heavy atom. The molecule has 1 unspecified atom stereocenters. The summed E-state index contributed by atoms with van der Waals surface area (Å²) in [6.07, 6.45) is 9.91. The third-order valence-electron chi connectivity index (χ3n) is 3.75. The third-order valence-corrected chi connectivity index (χ3v) is 5.18. The van der Waals surface area contributed by atoms with Gasteiger partial charge >= 0.3 is 0 Å². The predicted molar refractivity (Wildman–Crippen MR) is 81.6 cm³/mol. The molecule has 1 aromatic carbocycles. The van der Waals surface area contributed by atoms with Crippen LogP contribution in [-0.2, 0) is 0 Å². The largest absolute Gasteiger partial charge is 0.0839 e. The Balaban J connectivity index is 1.91. The first kappa shape index (κ1) is 13.6. The molecule has 0 spiro atoms. The van der Waals surface area contributed by atoms with Gasteiger partial charge in [0.05, 0.1) is 0 Å². The number of hydrogen-bond acceptors (Lipinski definition) is 0. The number of rotatable bonds is 3. The van der Waals surface area contributed by atoms with Crippen LogP contribution in [0.1, 0.15) is 55.3 Å². The molecule has 0 N–H and O–H groups in total. The minimum Gasteiger partial charge on any atom is -0.0839 e. The smallest absolute Gasteiger partial charge is 0.0398 e. The van der Waals surface area contributed by atoms with E-state index in [1.54, 1.807) is 0 Å². The Hall–Kier alpha value is 0.180. The van der Waals surface area contributed by atoms with Crippen LogP contribution < -0.4 is 0 Å². The molecule has 0 aliphatic heterocycles. The van der Waals surface area contributed by atoms with E-state index in [1.807, 2.05) is 0 Å². The fourth-order valence-electron chi connectivity index (χ4n) is 2.70. The van der Waals surface area contributed by atoms with Gasteiger partial charge in [-0.05, 0) is 30.0 Å². The minimum absolute atomic E-state index is 0.527. The molecule has 1 fully saturated rings. The maximum absolute atomic E-state index is 3.86. The summed E-state index contributed by atoms with van der Waals surface area (Å²) >= 11 is 7.34. The standard InChI is InChI=1S/C15H20Br2/c16-14-9-7-13(8-10-14)15(17)11-12-5-3-1-2-4-6-12/h7-10,12,15H,1-6,11H2. The first-order valence-electron chi connectivity index (χ1n) is 6.65. The van der Waals surface area contributed by atoms with Gasteiger partial charge in [0, 0.05) is 9.30 Å². The van der Waals surface area contributed by atoms with E-state index in [9.17, 15) is 0 Å². The fourth-order valence-corrected chi connectivity index (χ4v) is 3.80. The highest BCUT2D eigenvalue weighted by Crippen LogP contribution is 2.35. The van der Waals surface area contributed by atoms with E-state index in [2.05, 4.69) is 56.1 Å². The monoisotopic (exact) mass is 358 g/mol. The lowest BCUT2D eigenvalue weighted by atomic mass is 9.93. The molecule has 0 amide bonds. The Morgan fingerprint density at radius 2 is 1.59 bits per heavy atom. The van der Waals surface area contributed by atoms with Crippen molar-refractivity contribution in [2.75, 3.05) is 0 Å². The van der Waals surface area contributed by atoms with Gasteiger partial charge in [-0.15, -0.1) is 0 Å². The number of alkyl halides is 1. The highest BCUT2D eigenvalue weighted by atomic mass is 79.9. The minimum atomic E-state index is 0.527. The molecule has 1 aliphatic carbocycles. The van der Waals surface area contributed by atoms with Crippen molar-refractivity contribution in [3.63, 3.8) is 0 Å². The van der Waals surface area contributed by atoms with E-state index in [-0.39, 0.29) is 0 Å². The highest BCUT2D eigenvalue weighted by Gasteiger charge is 2.17. The average Bonchev–Trinajstić information content (AvgIpc) is 2.58. The summed E-state index contributed by atoms with van der Waals surface area (Å²) in [6, 6.07) is 8.72. The third kappa shape index (κ3) is 4.40. The fraction of sp³-hybridized carbons (Fsp3) is 0.600. The molecule has 2 heteroatoms. The van der Waals surface area contributed by atoms with Crippen molar-refractivity contribution in [1.82, 2.24) is 0 Å². The first-order chi connectivity index (χ1) is 8.25. The van der Waals surface area contributed by atoms with Gasteiger partial charge in [0.25, 0.3) is 0 Å². The van der Waals surface area contributed by atoms with Gasteiger partial charge in [-0.3, -0.25) is 0 Å². The normalized spacial score (nSPS) is 19.9. The van der Waals surface area contributed by atoms with Crippen LogP contribution >= 0.6 is 31.9 Å². The SMILES string of the molecule is Brc1ccc(C(Br)CC2CCCCCC2)cc1. The summed E-state index contributed by atoms with van der Waals surface area (Å²) in [5.74, 6) is 0.922. The molecule has 0 heterocycles. The Morgan fingerprint density at radius 1 is 1.00 bits per heavy atom. The molecule has 1 saturated carbocycles. The van der Waals surface area contributed by atoms with E-state index in [1.165, 1.54) is 50.5 Å². The Bertz CT molecular complexity index is 323. The molecule has 0 bridgehead atoms. The maximum Gasteiger partial charge on any atom is 0.0398 e. The van der Waals surface area contributed by atoms with E-state index < -0.39 is 0 Å². The molecule has 0 radical (unpaired) electrons. The van der Waals surface area contributed by atoms with Crippen LogP contribution in [0.4, 0.5) is 0 Å². The van der Waals surface area contributed by atoms with Crippen molar-refractivity contribution in [2.24, 2.45) is 5.92 Å². The summed E-state index contributed by atoms with van der Waals surface area (Å²) in [6.45, 7) is 0. The van der Waals surface area contributed by atoms with Crippen molar-refractivity contribution in [2.45, 2.75) is 49.8 Å². The molecular weight excluding hydrogens is 340 g/mol. The zero-order chi connectivity index (χ0) is 12.1. The van der Waals surface area contributed by atoms with Crippen LogP contribution in [0.25, 0.3) is 0 Å². The molecule has 0 aromatic heterocycles. The summed E-state index contributed by atoms with van der Waals surface area (Å²) < 4.78 is 1.16. The second kappa shape index (κ2) is 6.94. The lowest BCUT2D eigenvalue weighted by Crippen LogP contribution is -2.03.